The molecular formula is C17H18ClN5O. The minimum atomic E-state index is -0.506. The van der Waals surface area contributed by atoms with Gasteiger partial charge < -0.3 is 17.2 Å². The molecule has 1 aromatic heterocycles. The van der Waals surface area contributed by atoms with Gasteiger partial charge in [0.05, 0.1) is 22.1 Å². The van der Waals surface area contributed by atoms with Crippen LogP contribution < -0.4 is 17.2 Å². The van der Waals surface area contributed by atoms with Gasteiger partial charge in [-0.2, -0.15) is 5.10 Å². The van der Waals surface area contributed by atoms with Gasteiger partial charge in [0.2, 0.25) is 5.91 Å². The second-order valence-electron chi connectivity index (χ2n) is 5.06. The van der Waals surface area contributed by atoms with Crippen LogP contribution in [0.2, 0.25) is 5.02 Å². The number of aromatic nitrogens is 2. The Morgan fingerprint density at radius 1 is 1.08 bits per heavy atom. The van der Waals surface area contributed by atoms with Gasteiger partial charge >= 0.3 is 0 Å². The molecule has 0 saturated carbocycles. The monoisotopic (exact) mass is 343 g/mol. The zero-order valence-corrected chi connectivity index (χ0v) is 13.9. The van der Waals surface area contributed by atoms with Crippen LogP contribution >= 0.6 is 11.6 Å². The predicted molar refractivity (Wildman–Crippen MR) is 97.1 cm³/mol. The minimum Gasteiger partial charge on any atom is -0.398 e. The van der Waals surface area contributed by atoms with E-state index < -0.39 is 5.91 Å². The Morgan fingerprint density at radius 2 is 1.75 bits per heavy atom. The quantitative estimate of drug-likeness (QED) is 0.621. The van der Waals surface area contributed by atoms with Crippen molar-refractivity contribution in [2.24, 2.45) is 5.73 Å². The van der Waals surface area contributed by atoms with E-state index in [9.17, 15) is 4.79 Å². The first-order chi connectivity index (χ1) is 11.4. The molecule has 0 saturated heterocycles. The average molecular weight is 344 g/mol. The van der Waals surface area contributed by atoms with E-state index in [1.54, 1.807) is 4.68 Å². The molecule has 124 valence electrons. The van der Waals surface area contributed by atoms with Gasteiger partial charge in [0, 0.05) is 11.6 Å². The highest BCUT2D eigenvalue weighted by molar-refractivity contribution is 6.33. The Hall–Kier alpha value is -2.99. The summed E-state index contributed by atoms with van der Waals surface area (Å²) in [5.74, 6) is 0.164. The van der Waals surface area contributed by atoms with Crippen LogP contribution in [-0.4, -0.2) is 15.7 Å². The molecule has 24 heavy (non-hydrogen) atoms. The summed E-state index contributed by atoms with van der Waals surface area (Å²) in [6.45, 7) is 1.93. The number of nitrogen functional groups attached to an aromatic ring is 2. The van der Waals surface area contributed by atoms with E-state index >= 15 is 0 Å². The fraction of sp³-hybridized carbons (Fsp3) is 0.0588. The summed E-state index contributed by atoms with van der Waals surface area (Å²) in [5.41, 5.74) is 18.8. The molecule has 0 aliphatic heterocycles. The van der Waals surface area contributed by atoms with E-state index in [1.807, 2.05) is 43.3 Å². The van der Waals surface area contributed by atoms with Crippen molar-refractivity contribution in [2.75, 3.05) is 11.5 Å². The molecule has 1 amide bonds. The van der Waals surface area contributed by atoms with Crippen molar-refractivity contribution in [2.45, 2.75) is 6.92 Å². The van der Waals surface area contributed by atoms with Crippen molar-refractivity contribution in [3.8, 4) is 5.69 Å². The number of nitrogens with zero attached hydrogens (tertiary/aromatic N) is 2. The van der Waals surface area contributed by atoms with Crippen molar-refractivity contribution in [1.29, 1.82) is 0 Å². The van der Waals surface area contributed by atoms with E-state index in [2.05, 4.69) is 5.10 Å². The molecule has 0 atom stereocenters. The van der Waals surface area contributed by atoms with Crippen LogP contribution in [0, 0.1) is 6.92 Å². The van der Waals surface area contributed by atoms with Gasteiger partial charge in [-0.25, -0.2) is 4.68 Å². The van der Waals surface area contributed by atoms with Crippen molar-refractivity contribution < 1.29 is 4.79 Å². The lowest BCUT2D eigenvalue weighted by atomic mass is 10.2. The maximum Gasteiger partial charge on any atom is 0.248 e. The normalized spacial score (nSPS) is 9.92. The topological polar surface area (TPSA) is 113 Å². The number of primary amides is 1. The fourth-order valence-corrected chi connectivity index (χ4v) is 2.11. The molecular weight excluding hydrogens is 326 g/mol. The molecule has 1 heterocycles. The number of carbonyl (C=O) groups excluding carboxylic acids is 1. The molecule has 6 nitrogen and oxygen atoms in total. The third-order valence-corrected chi connectivity index (χ3v) is 3.48. The number of aryl methyl sites for hydroxylation is 1. The highest BCUT2D eigenvalue weighted by atomic mass is 35.5. The molecule has 2 aromatic carbocycles. The van der Waals surface area contributed by atoms with Crippen molar-refractivity contribution in [3.05, 3.63) is 70.9 Å². The van der Waals surface area contributed by atoms with Crippen molar-refractivity contribution in [1.82, 2.24) is 9.78 Å². The van der Waals surface area contributed by atoms with Crippen LogP contribution in [0.3, 0.4) is 0 Å². The first kappa shape index (κ1) is 17.4. The van der Waals surface area contributed by atoms with Gasteiger partial charge in [0.25, 0.3) is 0 Å². The summed E-state index contributed by atoms with van der Waals surface area (Å²) in [5, 5.41) is 4.70. The molecule has 6 N–H and O–H groups in total. The van der Waals surface area contributed by atoms with E-state index in [-0.39, 0.29) is 0 Å². The first-order valence-electron chi connectivity index (χ1n) is 7.11. The van der Waals surface area contributed by atoms with Gasteiger partial charge in [-0.1, -0.05) is 29.8 Å². The van der Waals surface area contributed by atoms with Gasteiger partial charge in [0.1, 0.15) is 5.82 Å². The number of nitrogens with two attached hydrogens (primary N) is 3. The van der Waals surface area contributed by atoms with Gasteiger partial charge in [0.15, 0.2) is 0 Å². The van der Waals surface area contributed by atoms with Crippen LogP contribution in [0.1, 0.15) is 16.1 Å². The highest BCUT2D eigenvalue weighted by Crippen LogP contribution is 2.18. The molecule has 0 aliphatic rings. The zero-order valence-electron chi connectivity index (χ0n) is 13.1. The second-order valence-corrected chi connectivity index (χ2v) is 5.47. The predicted octanol–water partition coefficient (Wildman–Crippen LogP) is 2.78. The highest BCUT2D eigenvalue weighted by Gasteiger charge is 2.02. The maximum atomic E-state index is 10.6. The lowest BCUT2D eigenvalue weighted by Crippen LogP contribution is -2.10. The number of carbonyl (C=O) groups is 1. The first-order valence-corrected chi connectivity index (χ1v) is 7.48. The van der Waals surface area contributed by atoms with Gasteiger partial charge in [-0.15, -0.1) is 0 Å². The summed E-state index contributed by atoms with van der Waals surface area (Å²) >= 11 is 5.61. The van der Waals surface area contributed by atoms with Crippen molar-refractivity contribution in [3.63, 3.8) is 0 Å². The number of amides is 1. The number of hydrogen-bond donors (Lipinski definition) is 3. The average Bonchev–Trinajstić information content (AvgIpc) is 2.90. The van der Waals surface area contributed by atoms with Gasteiger partial charge in [-0.3, -0.25) is 4.79 Å². The number of halogens is 1. The fourth-order valence-electron chi connectivity index (χ4n) is 1.99. The zero-order chi connectivity index (χ0) is 17.7. The lowest BCUT2D eigenvalue weighted by Gasteiger charge is -2.01. The van der Waals surface area contributed by atoms with Gasteiger partial charge in [-0.05, 0) is 37.3 Å². The molecule has 3 aromatic rings. The molecule has 0 unspecified atom stereocenters. The number of para-hydroxylation sites is 1. The van der Waals surface area contributed by atoms with E-state index in [1.165, 1.54) is 18.2 Å². The third-order valence-electron chi connectivity index (χ3n) is 3.14. The Kier molecular flexibility index (Phi) is 5.44. The Labute approximate surface area is 144 Å². The lowest BCUT2D eigenvalue weighted by molar-refractivity contribution is 0.100. The smallest absolute Gasteiger partial charge is 0.248 e. The summed E-state index contributed by atoms with van der Waals surface area (Å²) in [6.07, 6.45) is 0. The molecule has 0 aliphatic carbocycles. The molecule has 3 rings (SSSR count). The van der Waals surface area contributed by atoms with Crippen LogP contribution in [0.4, 0.5) is 11.5 Å². The van der Waals surface area contributed by atoms with Crippen LogP contribution in [-0.2, 0) is 0 Å². The van der Waals surface area contributed by atoms with E-state index in [4.69, 9.17) is 28.8 Å². The number of anilines is 2. The SMILES string of the molecule is Cc1cc(N)n(-c2ccccc2)n1.NC(=O)c1ccc(Cl)c(N)c1. The molecule has 7 heteroatoms. The number of benzene rings is 2. The summed E-state index contributed by atoms with van der Waals surface area (Å²) in [6, 6.07) is 16.2. The van der Waals surface area contributed by atoms with Crippen LogP contribution in [0.5, 0.6) is 0 Å². The Balaban J connectivity index is 0.000000177. The second kappa shape index (κ2) is 7.52. The Morgan fingerprint density at radius 3 is 2.25 bits per heavy atom. The molecule has 0 radical (unpaired) electrons. The van der Waals surface area contributed by atoms with Crippen LogP contribution in [0.25, 0.3) is 5.69 Å². The third kappa shape index (κ3) is 4.27. The molecule has 0 fully saturated rings. The number of hydrogen-bond acceptors (Lipinski definition) is 4. The van der Waals surface area contributed by atoms with E-state index in [0.717, 1.165) is 11.4 Å². The largest absolute Gasteiger partial charge is 0.398 e. The minimum absolute atomic E-state index is 0.364. The maximum absolute atomic E-state index is 10.6. The Bertz CT molecular complexity index is 845. The van der Waals surface area contributed by atoms with E-state index in [0.29, 0.717) is 22.1 Å². The molecule has 0 spiro atoms. The number of rotatable bonds is 2. The summed E-state index contributed by atoms with van der Waals surface area (Å²) in [4.78, 5) is 10.6. The van der Waals surface area contributed by atoms with Crippen molar-refractivity contribution >= 4 is 29.0 Å². The summed E-state index contributed by atoms with van der Waals surface area (Å²) in [7, 11) is 0. The standard InChI is InChI=1S/C10H11N3.C7H7ClN2O/c1-8-7-10(11)13(12-8)9-5-3-2-4-6-9;8-5-2-1-4(7(10)11)3-6(5)9/h2-7H,11H2,1H3;1-3H,9H2,(H2,10,11). The molecule has 0 bridgehead atoms. The summed E-state index contributed by atoms with van der Waals surface area (Å²) < 4.78 is 1.73. The van der Waals surface area contributed by atoms with Crippen LogP contribution in [0.15, 0.2) is 54.6 Å².